The predicted octanol–water partition coefficient (Wildman–Crippen LogP) is 7.55. The zero-order valence-electron chi connectivity index (χ0n) is 19.5. The van der Waals surface area contributed by atoms with Crippen LogP contribution in [0.5, 0.6) is 0 Å². The minimum absolute atomic E-state index is 0. The average Bonchev–Trinajstić information content (AvgIpc) is 3.14. The second kappa shape index (κ2) is 22.4. The normalized spacial score (nSPS) is 13.6. The molecular formula is C25H51ClN2O. The van der Waals surface area contributed by atoms with Crippen LogP contribution in [0.25, 0.3) is 0 Å². The number of nitrogens with zero attached hydrogens (tertiary/aromatic N) is 2. The van der Waals surface area contributed by atoms with Gasteiger partial charge in [0, 0.05) is 19.5 Å². The van der Waals surface area contributed by atoms with Gasteiger partial charge in [0.2, 0.25) is 0 Å². The maximum Gasteiger partial charge on any atom is 0.0991 e. The Labute approximate surface area is 188 Å². The molecule has 0 amide bonds. The van der Waals surface area contributed by atoms with Gasteiger partial charge in [0.05, 0.1) is 19.0 Å². The van der Waals surface area contributed by atoms with Crippen molar-refractivity contribution in [2.45, 2.75) is 129 Å². The molecule has 4 heteroatoms. The van der Waals surface area contributed by atoms with Crippen molar-refractivity contribution >= 4 is 18.2 Å². The monoisotopic (exact) mass is 430 g/mol. The molecule has 0 aromatic carbocycles. The van der Waals surface area contributed by atoms with E-state index in [1.54, 1.807) is 0 Å². The molecule has 0 atom stereocenters. The summed E-state index contributed by atoms with van der Waals surface area (Å²) in [6, 6.07) is 0. The minimum atomic E-state index is 0. The van der Waals surface area contributed by atoms with Crippen LogP contribution in [0.15, 0.2) is 4.99 Å². The van der Waals surface area contributed by atoms with Crippen molar-refractivity contribution in [3.8, 4) is 0 Å². The van der Waals surface area contributed by atoms with E-state index < -0.39 is 0 Å². The topological polar surface area (TPSA) is 35.8 Å². The molecule has 0 saturated carbocycles. The molecule has 1 aliphatic rings. The van der Waals surface area contributed by atoms with Gasteiger partial charge in [0.25, 0.3) is 0 Å². The van der Waals surface area contributed by atoms with E-state index in [0.717, 1.165) is 26.1 Å². The van der Waals surface area contributed by atoms with Gasteiger partial charge in [-0.1, -0.05) is 116 Å². The molecule has 0 unspecified atom stereocenters. The van der Waals surface area contributed by atoms with Gasteiger partial charge in [-0.15, -0.1) is 12.4 Å². The lowest BCUT2D eigenvalue weighted by Gasteiger charge is -2.18. The Balaban J connectivity index is 0.00000784. The van der Waals surface area contributed by atoms with E-state index in [2.05, 4.69) is 16.8 Å². The van der Waals surface area contributed by atoms with Crippen LogP contribution in [0, 0.1) is 0 Å². The third kappa shape index (κ3) is 17.1. The maximum atomic E-state index is 9.08. The van der Waals surface area contributed by atoms with Crippen LogP contribution in [0.4, 0.5) is 0 Å². The van der Waals surface area contributed by atoms with Crippen LogP contribution in [-0.4, -0.2) is 42.1 Å². The highest BCUT2D eigenvalue weighted by atomic mass is 35.5. The standard InChI is InChI=1S/C25H50N2O.ClH/c1-2-3-4-5-6-7-8-9-10-11-12-13-14-15-16-17-18-19-20-25-26-21-22-27(25)23-24-28;/h28H,2-24H2,1H3;1H. The van der Waals surface area contributed by atoms with E-state index in [0.29, 0.717) is 0 Å². The smallest absolute Gasteiger partial charge is 0.0991 e. The number of aliphatic imine (C=N–C) groups is 1. The molecule has 3 nitrogen and oxygen atoms in total. The Morgan fingerprint density at radius 2 is 1.10 bits per heavy atom. The van der Waals surface area contributed by atoms with Gasteiger partial charge in [0.1, 0.15) is 0 Å². The lowest BCUT2D eigenvalue weighted by Crippen LogP contribution is -2.30. The summed E-state index contributed by atoms with van der Waals surface area (Å²) in [4.78, 5) is 6.84. The fourth-order valence-electron chi connectivity index (χ4n) is 4.31. The SMILES string of the molecule is CCCCCCCCCCCCCCCCCCCCC1=NCCN1CCO.Cl. The molecule has 0 bridgehead atoms. The first kappa shape index (κ1) is 28.7. The zero-order chi connectivity index (χ0) is 20.1. The van der Waals surface area contributed by atoms with Crippen molar-refractivity contribution < 1.29 is 5.11 Å². The molecule has 1 N–H and O–H groups in total. The minimum Gasteiger partial charge on any atom is -0.395 e. The molecular weight excluding hydrogens is 380 g/mol. The summed E-state index contributed by atoms with van der Waals surface area (Å²) in [5.74, 6) is 1.24. The third-order valence-corrected chi connectivity index (χ3v) is 6.15. The zero-order valence-corrected chi connectivity index (χ0v) is 20.3. The van der Waals surface area contributed by atoms with Crippen LogP contribution in [0.1, 0.15) is 129 Å². The molecule has 174 valence electrons. The summed E-state index contributed by atoms with van der Waals surface area (Å²) in [7, 11) is 0. The van der Waals surface area contributed by atoms with Gasteiger partial charge in [-0.05, 0) is 6.42 Å². The van der Waals surface area contributed by atoms with Crippen LogP contribution >= 0.6 is 12.4 Å². The van der Waals surface area contributed by atoms with Crippen molar-refractivity contribution in [2.75, 3.05) is 26.2 Å². The maximum absolute atomic E-state index is 9.08. The quantitative estimate of drug-likeness (QED) is 0.191. The number of hydrogen-bond donors (Lipinski definition) is 1. The Kier molecular flexibility index (Phi) is 22.2. The number of hydrogen-bond acceptors (Lipinski definition) is 3. The second-order valence-corrected chi connectivity index (χ2v) is 8.77. The molecule has 0 spiro atoms. The van der Waals surface area contributed by atoms with Gasteiger partial charge in [-0.2, -0.15) is 0 Å². The van der Waals surface area contributed by atoms with Crippen LogP contribution in [0.2, 0.25) is 0 Å². The molecule has 0 fully saturated rings. The van der Waals surface area contributed by atoms with Crippen molar-refractivity contribution in [3.05, 3.63) is 0 Å². The van der Waals surface area contributed by atoms with Gasteiger partial charge in [-0.25, -0.2) is 0 Å². The number of β-amino-alcohol motifs (C(OH)–C–C–N with tert-alkyl or cyclic N) is 1. The Hall–Kier alpha value is -0.280. The van der Waals surface area contributed by atoms with Crippen LogP contribution < -0.4 is 0 Å². The fourth-order valence-corrected chi connectivity index (χ4v) is 4.31. The largest absolute Gasteiger partial charge is 0.395 e. The lowest BCUT2D eigenvalue weighted by atomic mass is 10.0. The van der Waals surface area contributed by atoms with E-state index in [9.17, 15) is 0 Å². The molecule has 0 radical (unpaired) electrons. The van der Waals surface area contributed by atoms with E-state index in [4.69, 9.17) is 5.11 Å². The average molecular weight is 431 g/mol. The number of amidine groups is 1. The summed E-state index contributed by atoms with van der Waals surface area (Å²) in [6.07, 6.45) is 26.8. The first-order valence-corrected chi connectivity index (χ1v) is 12.8. The van der Waals surface area contributed by atoms with Crippen molar-refractivity contribution in [3.63, 3.8) is 0 Å². The second-order valence-electron chi connectivity index (χ2n) is 8.77. The molecule has 1 aliphatic heterocycles. The van der Waals surface area contributed by atoms with E-state index >= 15 is 0 Å². The van der Waals surface area contributed by atoms with Gasteiger partial charge in [-0.3, -0.25) is 4.99 Å². The third-order valence-electron chi connectivity index (χ3n) is 6.15. The summed E-state index contributed by atoms with van der Waals surface area (Å²) >= 11 is 0. The first-order valence-electron chi connectivity index (χ1n) is 12.8. The highest BCUT2D eigenvalue weighted by Crippen LogP contribution is 2.15. The number of aliphatic hydroxyl groups is 1. The molecule has 0 saturated heterocycles. The molecule has 1 rings (SSSR count). The van der Waals surface area contributed by atoms with E-state index in [1.165, 1.54) is 121 Å². The number of rotatable bonds is 21. The summed E-state index contributed by atoms with van der Waals surface area (Å²) in [5, 5.41) is 9.08. The lowest BCUT2D eigenvalue weighted by molar-refractivity contribution is 0.255. The van der Waals surface area contributed by atoms with Crippen molar-refractivity contribution in [1.29, 1.82) is 0 Å². The molecule has 0 aliphatic carbocycles. The summed E-state index contributed by atoms with van der Waals surface area (Å²) < 4.78 is 0. The number of aliphatic hydroxyl groups excluding tert-OH is 1. The van der Waals surface area contributed by atoms with Crippen molar-refractivity contribution in [1.82, 2.24) is 4.90 Å². The predicted molar refractivity (Wildman–Crippen MR) is 132 cm³/mol. The highest BCUT2D eigenvalue weighted by Gasteiger charge is 2.14. The van der Waals surface area contributed by atoms with Crippen LogP contribution in [-0.2, 0) is 0 Å². The first-order chi connectivity index (χ1) is 13.9. The summed E-state index contributed by atoms with van der Waals surface area (Å²) in [5.41, 5.74) is 0. The Bertz CT molecular complexity index is 363. The molecule has 0 aromatic heterocycles. The van der Waals surface area contributed by atoms with Crippen LogP contribution in [0.3, 0.4) is 0 Å². The molecule has 0 aromatic rings. The molecule has 29 heavy (non-hydrogen) atoms. The molecule has 1 heterocycles. The highest BCUT2D eigenvalue weighted by molar-refractivity contribution is 5.85. The van der Waals surface area contributed by atoms with E-state index in [-0.39, 0.29) is 19.0 Å². The van der Waals surface area contributed by atoms with E-state index in [1.807, 2.05) is 0 Å². The van der Waals surface area contributed by atoms with Crippen molar-refractivity contribution in [2.24, 2.45) is 4.99 Å². The Morgan fingerprint density at radius 1 is 0.690 bits per heavy atom. The number of unbranched alkanes of at least 4 members (excludes halogenated alkanes) is 17. The summed E-state index contributed by atoms with van der Waals surface area (Å²) in [6.45, 7) is 5.24. The van der Waals surface area contributed by atoms with Gasteiger partial charge >= 0.3 is 0 Å². The number of halogens is 1. The van der Waals surface area contributed by atoms with Gasteiger partial charge in [0.15, 0.2) is 0 Å². The Morgan fingerprint density at radius 3 is 1.52 bits per heavy atom. The van der Waals surface area contributed by atoms with Gasteiger partial charge < -0.3 is 10.0 Å². The fraction of sp³-hybridized carbons (Fsp3) is 0.960.